The van der Waals surface area contributed by atoms with E-state index in [2.05, 4.69) is 15.2 Å². The summed E-state index contributed by atoms with van der Waals surface area (Å²) in [4.78, 5) is 19.2. The first-order chi connectivity index (χ1) is 14.2. The number of halogens is 1. The Kier molecular flexibility index (Phi) is 5.81. The minimum Gasteiger partial charge on any atom is -0.454 e. The molecule has 0 spiro atoms. The molecule has 6 heteroatoms. The number of aromatic nitrogens is 1. The Hall–Kier alpha value is -3.25. The molecule has 1 atom stereocenters. The van der Waals surface area contributed by atoms with E-state index in [1.54, 1.807) is 30.6 Å². The number of para-hydroxylation sites is 2. The quantitative estimate of drug-likeness (QED) is 0.666. The Morgan fingerprint density at radius 1 is 1.14 bits per heavy atom. The molecular weight excluding hydrogens is 369 g/mol. The standard InChI is InChI=1S/C23H22FN3O2/c24-18-11-9-17(10-12-18)16-27-14-4-7-21(27)23(28)26-20-6-1-2-8-22(20)29-19-5-3-13-25-15-19/h1-3,5-6,8-13,15,21H,4,7,14,16H2,(H,26,28). The number of rotatable bonds is 6. The molecule has 1 aromatic heterocycles. The van der Waals surface area contributed by atoms with Crippen LogP contribution in [0.25, 0.3) is 0 Å². The fourth-order valence-corrected chi connectivity index (χ4v) is 3.55. The van der Waals surface area contributed by atoms with Gasteiger partial charge in [0, 0.05) is 12.7 Å². The number of nitrogens with one attached hydrogen (secondary N) is 1. The lowest BCUT2D eigenvalue weighted by atomic mass is 10.1. The topological polar surface area (TPSA) is 54.5 Å². The van der Waals surface area contributed by atoms with Crippen LogP contribution in [-0.2, 0) is 11.3 Å². The third-order valence-corrected chi connectivity index (χ3v) is 4.97. The zero-order valence-electron chi connectivity index (χ0n) is 15.9. The molecule has 4 rings (SSSR count). The van der Waals surface area contributed by atoms with Gasteiger partial charge >= 0.3 is 0 Å². The van der Waals surface area contributed by atoms with Crippen LogP contribution >= 0.6 is 0 Å². The number of nitrogens with zero attached hydrogens (tertiary/aromatic N) is 2. The lowest BCUT2D eigenvalue weighted by molar-refractivity contribution is -0.120. The molecule has 5 nitrogen and oxygen atoms in total. The molecule has 2 heterocycles. The largest absolute Gasteiger partial charge is 0.454 e. The van der Waals surface area contributed by atoms with Crippen molar-refractivity contribution in [3.05, 3.63) is 84.4 Å². The summed E-state index contributed by atoms with van der Waals surface area (Å²) in [6, 6.07) is 17.2. The number of hydrogen-bond acceptors (Lipinski definition) is 4. The lowest BCUT2D eigenvalue weighted by Crippen LogP contribution is -2.39. The van der Waals surface area contributed by atoms with Crippen molar-refractivity contribution >= 4 is 11.6 Å². The summed E-state index contributed by atoms with van der Waals surface area (Å²) < 4.78 is 19.0. The molecule has 1 N–H and O–H groups in total. The number of amides is 1. The van der Waals surface area contributed by atoms with Crippen molar-refractivity contribution in [1.29, 1.82) is 0 Å². The molecule has 1 fully saturated rings. The van der Waals surface area contributed by atoms with E-state index < -0.39 is 0 Å². The third kappa shape index (κ3) is 4.78. The summed E-state index contributed by atoms with van der Waals surface area (Å²) >= 11 is 0. The second kappa shape index (κ2) is 8.84. The second-order valence-electron chi connectivity index (χ2n) is 7.03. The zero-order valence-corrected chi connectivity index (χ0v) is 15.9. The number of hydrogen-bond donors (Lipinski definition) is 1. The van der Waals surface area contributed by atoms with Crippen LogP contribution < -0.4 is 10.1 Å². The molecule has 1 aliphatic heterocycles. The molecule has 0 aliphatic carbocycles. The maximum Gasteiger partial charge on any atom is 0.241 e. The molecule has 148 valence electrons. The van der Waals surface area contributed by atoms with Gasteiger partial charge in [-0.25, -0.2) is 4.39 Å². The van der Waals surface area contributed by atoms with Crippen molar-refractivity contribution in [3.8, 4) is 11.5 Å². The molecule has 1 amide bonds. The lowest BCUT2D eigenvalue weighted by Gasteiger charge is -2.24. The highest BCUT2D eigenvalue weighted by atomic mass is 19.1. The van der Waals surface area contributed by atoms with Gasteiger partial charge in [-0.05, 0) is 61.3 Å². The van der Waals surface area contributed by atoms with Gasteiger partial charge in [0.1, 0.15) is 11.6 Å². The van der Waals surface area contributed by atoms with Gasteiger partial charge in [0.25, 0.3) is 0 Å². The highest BCUT2D eigenvalue weighted by Gasteiger charge is 2.31. The van der Waals surface area contributed by atoms with Gasteiger partial charge in [-0.2, -0.15) is 0 Å². The molecule has 0 bridgehead atoms. The van der Waals surface area contributed by atoms with Crippen molar-refractivity contribution < 1.29 is 13.9 Å². The Balaban J connectivity index is 1.45. The van der Waals surface area contributed by atoms with Gasteiger partial charge in [-0.1, -0.05) is 24.3 Å². The van der Waals surface area contributed by atoms with Crippen LogP contribution in [0.4, 0.5) is 10.1 Å². The zero-order chi connectivity index (χ0) is 20.1. The smallest absolute Gasteiger partial charge is 0.241 e. The maximum absolute atomic E-state index is 13.1. The van der Waals surface area contributed by atoms with Crippen LogP contribution in [0.5, 0.6) is 11.5 Å². The Labute approximate surface area is 169 Å². The van der Waals surface area contributed by atoms with E-state index in [4.69, 9.17) is 4.74 Å². The maximum atomic E-state index is 13.1. The fraction of sp³-hybridized carbons (Fsp3) is 0.217. The number of carbonyl (C=O) groups is 1. The first kappa shape index (κ1) is 19.1. The van der Waals surface area contributed by atoms with Crippen LogP contribution in [-0.4, -0.2) is 28.4 Å². The van der Waals surface area contributed by atoms with Gasteiger partial charge in [-0.3, -0.25) is 14.7 Å². The highest BCUT2D eigenvalue weighted by Crippen LogP contribution is 2.30. The molecule has 2 aromatic carbocycles. The van der Waals surface area contributed by atoms with E-state index in [1.165, 1.54) is 12.1 Å². The summed E-state index contributed by atoms with van der Waals surface area (Å²) in [6.07, 6.45) is 5.04. The monoisotopic (exact) mass is 391 g/mol. The van der Waals surface area contributed by atoms with Crippen LogP contribution in [0, 0.1) is 5.82 Å². The number of benzene rings is 2. The second-order valence-corrected chi connectivity index (χ2v) is 7.03. The molecule has 0 radical (unpaired) electrons. The van der Waals surface area contributed by atoms with Crippen molar-refractivity contribution in [3.63, 3.8) is 0 Å². The molecular formula is C23H22FN3O2. The Morgan fingerprint density at radius 3 is 2.76 bits per heavy atom. The number of anilines is 1. The van der Waals surface area contributed by atoms with E-state index in [1.807, 2.05) is 30.3 Å². The van der Waals surface area contributed by atoms with Crippen molar-refractivity contribution in [1.82, 2.24) is 9.88 Å². The van der Waals surface area contributed by atoms with E-state index >= 15 is 0 Å². The summed E-state index contributed by atoms with van der Waals surface area (Å²) in [5, 5.41) is 3.01. The summed E-state index contributed by atoms with van der Waals surface area (Å²) in [7, 11) is 0. The first-order valence-electron chi connectivity index (χ1n) is 9.65. The average molecular weight is 391 g/mol. The molecule has 1 saturated heterocycles. The number of pyridine rings is 1. The van der Waals surface area contributed by atoms with Crippen LogP contribution in [0.1, 0.15) is 18.4 Å². The Bertz CT molecular complexity index is 963. The van der Waals surface area contributed by atoms with Crippen LogP contribution in [0.15, 0.2) is 73.1 Å². The molecule has 3 aromatic rings. The Morgan fingerprint density at radius 2 is 1.97 bits per heavy atom. The molecule has 1 aliphatic rings. The van der Waals surface area contributed by atoms with Gasteiger partial charge in [0.2, 0.25) is 5.91 Å². The predicted molar refractivity (Wildman–Crippen MR) is 109 cm³/mol. The van der Waals surface area contributed by atoms with Gasteiger partial charge in [-0.15, -0.1) is 0 Å². The van der Waals surface area contributed by atoms with E-state index in [0.717, 1.165) is 24.9 Å². The van der Waals surface area contributed by atoms with E-state index in [9.17, 15) is 9.18 Å². The fourth-order valence-electron chi connectivity index (χ4n) is 3.55. The van der Waals surface area contributed by atoms with Crippen LogP contribution in [0.3, 0.4) is 0 Å². The van der Waals surface area contributed by atoms with Crippen molar-refractivity contribution in [2.24, 2.45) is 0 Å². The summed E-state index contributed by atoms with van der Waals surface area (Å²) in [5.74, 6) is 0.853. The van der Waals surface area contributed by atoms with Crippen molar-refractivity contribution in [2.75, 3.05) is 11.9 Å². The van der Waals surface area contributed by atoms with Gasteiger partial charge in [0.15, 0.2) is 5.75 Å². The average Bonchev–Trinajstić information content (AvgIpc) is 3.20. The van der Waals surface area contributed by atoms with Crippen LogP contribution in [0.2, 0.25) is 0 Å². The molecule has 1 unspecified atom stereocenters. The van der Waals surface area contributed by atoms with Crippen molar-refractivity contribution in [2.45, 2.75) is 25.4 Å². The molecule has 29 heavy (non-hydrogen) atoms. The summed E-state index contributed by atoms with van der Waals surface area (Å²) in [6.45, 7) is 1.45. The highest BCUT2D eigenvalue weighted by molar-refractivity contribution is 5.96. The van der Waals surface area contributed by atoms with E-state index in [0.29, 0.717) is 23.7 Å². The predicted octanol–water partition coefficient (Wildman–Crippen LogP) is 4.62. The molecule has 0 saturated carbocycles. The minimum absolute atomic E-state index is 0.0631. The van der Waals surface area contributed by atoms with Gasteiger partial charge in [0.05, 0.1) is 17.9 Å². The number of likely N-dealkylation sites (tertiary alicyclic amines) is 1. The first-order valence-corrected chi connectivity index (χ1v) is 9.65. The number of ether oxygens (including phenoxy) is 1. The minimum atomic E-state index is -0.255. The van der Waals surface area contributed by atoms with Gasteiger partial charge < -0.3 is 10.1 Å². The third-order valence-electron chi connectivity index (χ3n) is 4.97. The SMILES string of the molecule is O=C(Nc1ccccc1Oc1cccnc1)C1CCCN1Cc1ccc(F)cc1. The normalized spacial score (nSPS) is 16.5. The summed E-state index contributed by atoms with van der Waals surface area (Å²) in [5.41, 5.74) is 1.61. The number of carbonyl (C=O) groups excluding carboxylic acids is 1. The van der Waals surface area contributed by atoms with E-state index in [-0.39, 0.29) is 17.8 Å².